The number of rotatable bonds is 9. The molecule has 0 bridgehead atoms. The summed E-state index contributed by atoms with van der Waals surface area (Å²) in [5, 5.41) is 0.801. The van der Waals surface area contributed by atoms with Crippen molar-refractivity contribution in [2.24, 2.45) is 0 Å². The Morgan fingerprint density at radius 2 is 1.91 bits per heavy atom. The highest BCUT2D eigenvalue weighted by atomic mass is 32.2. The number of carbonyl (C=O) groups is 1. The SMILES string of the molecule is COc1ccc(C(=O)N(C)Cc2nc3ccccc3s2)cc1S(=O)(=O)NCCc1ccccn1. The minimum atomic E-state index is -3.91. The molecule has 0 spiro atoms. The number of pyridine rings is 1. The van der Waals surface area contributed by atoms with Crippen molar-refractivity contribution in [2.45, 2.75) is 17.9 Å². The van der Waals surface area contributed by atoms with Crippen LogP contribution < -0.4 is 9.46 Å². The van der Waals surface area contributed by atoms with Crippen molar-refractivity contribution in [1.29, 1.82) is 0 Å². The van der Waals surface area contributed by atoms with Crippen molar-refractivity contribution >= 4 is 37.5 Å². The van der Waals surface area contributed by atoms with Crippen LogP contribution in [0.4, 0.5) is 0 Å². The summed E-state index contributed by atoms with van der Waals surface area (Å²) in [6.45, 7) is 0.479. The van der Waals surface area contributed by atoms with Gasteiger partial charge in [0.05, 0.1) is 23.9 Å². The predicted molar refractivity (Wildman–Crippen MR) is 132 cm³/mol. The molecule has 1 N–H and O–H groups in total. The van der Waals surface area contributed by atoms with Gasteiger partial charge in [-0.3, -0.25) is 9.78 Å². The summed E-state index contributed by atoms with van der Waals surface area (Å²) in [5.74, 6) is -0.150. The number of aromatic nitrogens is 2. The first-order valence-corrected chi connectivity index (χ1v) is 12.8. The van der Waals surface area contributed by atoms with Crippen LogP contribution in [-0.4, -0.2) is 49.9 Å². The third kappa shape index (κ3) is 5.41. The zero-order valence-corrected chi connectivity index (χ0v) is 20.4. The molecule has 0 atom stereocenters. The highest BCUT2D eigenvalue weighted by molar-refractivity contribution is 7.89. The molecule has 176 valence electrons. The lowest BCUT2D eigenvalue weighted by molar-refractivity contribution is 0.0784. The molecular weight excluding hydrogens is 472 g/mol. The number of nitrogens with zero attached hydrogens (tertiary/aromatic N) is 3. The minimum Gasteiger partial charge on any atom is -0.495 e. The minimum absolute atomic E-state index is 0.0877. The van der Waals surface area contributed by atoms with Gasteiger partial charge in [0.2, 0.25) is 10.0 Å². The molecule has 0 aliphatic heterocycles. The number of sulfonamides is 1. The van der Waals surface area contributed by atoms with Gasteiger partial charge in [-0.2, -0.15) is 0 Å². The van der Waals surface area contributed by atoms with Gasteiger partial charge in [0.15, 0.2) is 0 Å². The van der Waals surface area contributed by atoms with Crippen LogP contribution in [-0.2, 0) is 23.0 Å². The van der Waals surface area contributed by atoms with Gasteiger partial charge in [-0.1, -0.05) is 18.2 Å². The maximum atomic E-state index is 13.1. The first-order chi connectivity index (χ1) is 16.4. The van der Waals surface area contributed by atoms with E-state index in [-0.39, 0.29) is 28.7 Å². The zero-order valence-electron chi connectivity index (χ0n) is 18.8. The number of nitrogens with one attached hydrogen (secondary N) is 1. The van der Waals surface area contributed by atoms with E-state index in [2.05, 4.69) is 14.7 Å². The number of hydrogen-bond donors (Lipinski definition) is 1. The fraction of sp³-hybridized carbons (Fsp3) is 0.208. The molecule has 10 heteroatoms. The Bertz CT molecular complexity index is 1370. The molecular formula is C24H24N4O4S2. The van der Waals surface area contributed by atoms with E-state index in [1.165, 1.54) is 35.5 Å². The van der Waals surface area contributed by atoms with Crippen LogP contribution in [0.15, 0.2) is 71.8 Å². The molecule has 34 heavy (non-hydrogen) atoms. The molecule has 2 aromatic heterocycles. The summed E-state index contributed by atoms with van der Waals surface area (Å²) in [7, 11) is -0.858. The van der Waals surface area contributed by atoms with Crippen LogP contribution in [0.2, 0.25) is 0 Å². The van der Waals surface area contributed by atoms with Gasteiger partial charge in [-0.15, -0.1) is 11.3 Å². The number of ether oxygens (including phenoxy) is 1. The molecule has 0 aliphatic rings. The average Bonchev–Trinajstić information content (AvgIpc) is 3.26. The second kappa shape index (κ2) is 10.3. The van der Waals surface area contributed by atoms with Gasteiger partial charge in [0.1, 0.15) is 15.7 Å². The summed E-state index contributed by atoms with van der Waals surface area (Å²) in [5.41, 5.74) is 1.91. The summed E-state index contributed by atoms with van der Waals surface area (Å²) in [6, 6.07) is 17.7. The van der Waals surface area contributed by atoms with E-state index in [1.807, 2.05) is 36.4 Å². The molecule has 2 aromatic carbocycles. The number of carbonyl (C=O) groups excluding carboxylic acids is 1. The Morgan fingerprint density at radius 1 is 1.12 bits per heavy atom. The zero-order chi connectivity index (χ0) is 24.1. The Morgan fingerprint density at radius 3 is 2.65 bits per heavy atom. The van der Waals surface area contributed by atoms with Crippen molar-refractivity contribution in [2.75, 3.05) is 20.7 Å². The lowest BCUT2D eigenvalue weighted by atomic mass is 10.2. The Balaban J connectivity index is 1.50. The van der Waals surface area contributed by atoms with Gasteiger partial charge in [0, 0.05) is 37.5 Å². The highest BCUT2D eigenvalue weighted by Gasteiger charge is 2.23. The maximum absolute atomic E-state index is 13.1. The summed E-state index contributed by atoms with van der Waals surface area (Å²) in [6.07, 6.45) is 2.10. The van der Waals surface area contributed by atoms with Crippen molar-refractivity contribution in [3.8, 4) is 5.75 Å². The topological polar surface area (TPSA) is 101 Å². The number of fused-ring (bicyclic) bond motifs is 1. The highest BCUT2D eigenvalue weighted by Crippen LogP contribution is 2.26. The fourth-order valence-corrected chi connectivity index (χ4v) is 5.69. The summed E-state index contributed by atoms with van der Waals surface area (Å²) in [4.78, 5) is 23.3. The van der Waals surface area contributed by atoms with Gasteiger partial charge in [-0.05, 0) is 42.5 Å². The number of methoxy groups -OCH3 is 1. The number of amides is 1. The quantitative estimate of drug-likeness (QED) is 0.381. The van der Waals surface area contributed by atoms with Crippen molar-refractivity contribution in [1.82, 2.24) is 19.6 Å². The molecule has 1 amide bonds. The molecule has 2 heterocycles. The van der Waals surface area contributed by atoms with E-state index in [1.54, 1.807) is 25.4 Å². The lowest BCUT2D eigenvalue weighted by Gasteiger charge is -2.17. The maximum Gasteiger partial charge on any atom is 0.254 e. The van der Waals surface area contributed by atoms with Crippen molar-refractivity contribution in [3.05, 3.63) is 83.1 Å². The van der Waals surface area contributed by atoms with E-state index in [4.69, 9.17) is 4.74 Å². The molecule has 8 nitrogen and oxygen atoms in total. The normalized spacial score (nSPS) is 11.5. The largest absolute Gasteiger partial charge is 0.495 e. The summed E-state index contributed by atoms with van der Waals surface area (Å²) >= 11 is 1.52. The Kier molecular flexibility index (Phi) is 7.20. The first-order valence-electron chi connectivity index (χ1n) is 10.5. The van der Waals surface area contributed by atoms with E-state index >= 15 is 0 Å². The van der Waals surface area contributed by atoms with E-state index in [9.17, 15) is 13.2 Å². The van der Waals surface area contributed by atoms with Crippen LogP contribution in [0, 0.1) is 0 Å². The summed E-state index contributed by atoms with van der Waals surface area (Å²) < 4.78 is 34.9. The molecule has 0 radical (unpaired) electrons. The van der Waals surface area contributed by atoms with Gasteiger partial charge in [0.25, 0.3) is 5.91 Å². The van der Waals surface area contributed by atoms with Crippen molar-refractivity contribution in [3.63, 3.8) is 0 Å². The second-order valence-corrected chi connectivity index (χ2v) is 10.4. The second-order valence-electron chi connectivity index (χ2n) is 7.57. The number of para-hydroxylation sites is 1. The number of benzene rings is 2. The van der Waals surface area contributed by atoms with Gasteiger partial charge >= 0.3 is 0 Å². The first kappa shape index (κ1) is 23.8. The monoisotopic (exact) mass is 496 g/mol. The van der Waals surface area contributed by atoms with Crippen LogP contribution in [0.25, 0.3) is 10.2 Å². The number of hydrogen-bond acceptors (Lipinski definition) is 7. The molecule has 0 fully saturated rings. The van der Waals surface area contributed by atoms with Crippen LogP contribution >= 0.6 is 11.3 Å². The average molecular weight is 497 g/mol. The third-order valence-electron chi connectivity index (χ3n) is 5.16. The van der Waals surface area contributed by atoms with Gasteiger partial charge < -0.3 is 9.64 Å². The lowest BCUT2D eigenvalue weighted by Crippen LogP contribution is -2.28. The molecule has 0 unspecified atom stereocenters. The van der Waals surface area contributed by atoms with Crippen LogP contribution in [0.3, 0.4) is 0 Å². The van der Waals surface area contributed by atoms with Crippen LogP contribution in [0.1, 0.15) is 21.1 Å². The van der Waals surface area contributed by atoms with E-state index in [0.29, 0.717) is 13.0 Å². The van der Waals surface area contributed by atoms with Crippen molar-refractivity contribution < 1.29 is 17.9 Å². The molecule has 4 rings (SSSR count). The fourth-order valence-electron chi connectivity index (χ4n) is 3.44. The van der Waals surface area contributed by atoms with E-state index < -0.39 is 10.0 Å². The molecule has 0 saturated carbocycles. The van der Waals surface area contributed by atoms with Gasteiger partial charge in [-0.25, -0.2) is 18.1 Å². The smallest absolute Gasteiger partial charge is 0.254 e. The van der Waals surface area contributed by atoms with Crippen LogP contribution in [0.5, 0.6) is 5.75 Å². The van der Waals surface area contributed by atoms with E-state index in [0.717, 1.165) is 20.9 Å². The Hall–Kier alpha value is -3.34. The molecule has 4 aromatic rings. The Labute approximate surface area is 202 Å². The standard InChI is InChI=1S/C24H24N4O4S2/c1-28(16-23-27-19-8-3-4-9-21(19)33-23)24(29)17-10-11-20(32-2)22(15-17)34(30,31)26-14-12-18-7-5-6-13-25-18/h3-11,13,15,26H,12,14,16H2,1-2H3. The third-order valence-corrected chi connectivity index (χ3v) is 7.66. The molecule has 0 saturated heterocycles. The number of thiazole rings is 1. The molecule has 0 aliphatic carbocycles. The predicted octanol–water partition coefficient (Wildman–Crippen LogP) is 3.49.